The summed E-state index contributed by atoms with van der Waals surface area (Å²) >= 11 is 0. The zero-order valence-electron chi connectivity index (χ0n) is 16.1. The number of ketones is 1. The third kappa shape index (κ3) is 3.73. The lowest BCUT2D eigenvalue weighted by Crippen LogP contribution is -2.45. The molecule has 0 radical (unpaired) electrons. The van der Waals surface area contributed by atoms with Crippen LogP contribution in [0.3, 0.4) is 0 Å². The Bertz CT molecular complexity index is 1090. The van der Waals surface area contributed by atoms with Crippen LogP contribution in [0.2, 0.25) is 0 Å². The maximum Gasteiger partial charge on any atom is 0.274 e. The largest absolute Gasteiger partial charge is 0.307 e. The van der Waals surface area contributed by atoms with Crippen molar-refractivity contribution >= 4 is 23.3 Å². The van der Waals surface area contributed by atoms with Gasteiger partial charge in [0.15, 0.2) is 5.78 Å². The Morgan fingerprint density at radius 1 is 0.867 bits per heavy atom. The fourth-order valence-electron chi connectivity index (χ4n) is 3.73. The number of benzene rings is 3. The summed E-state index contributed by atoms with van der Waals surface area (Å²) < 4.78 is 0. The molecular weight excluding hydrogens is 380 g/mol. The van der Waals surface area contributed by atoms with Crippen LogP contribution in [-0.4, -0.2) is 22.8 Å². The minimum Gasteiger partial charge on any atom is -0.307 e. The Kier molecular flexibility index (Phi) is 5.41. The summed E-state index contributed by atoms with van der Waals surface area (Å²) in [6.45, 7) is 0.273. The molecular formula is C24H20N2O4. The Balaban J connectivity index is 1.65. The summed E-state index contributed by atoms with van der Waals surface area (Å²) in [5.74, 6) is -1.78. The Labute approximate surface area is 173 Å². The first-order chi connectivity index (χ1) is 14.6. The van der Waals surface area contributed by atoms with Crippen LogP contribution in [0.1, 0.15) is 31.8 Å². The van der Waals surface area contributed by atoms with Crippen LogP contribution < -0.4 is 10.4 Å². The molecule has 3 aromatic rings. The average molecular weight is 400 g/mol. The second-order valence-electron chi connectivity index (χ2n) is 7.19. The lowest BCUT2D eigenvalue weighted by Gasteiger charge is -2.33. The molecule has 3 aromatic carbocycles. The normalized spacial score (nSPS) is 15.6. The molecule has 0 spiro atoms. The van der Waals surface area contributed by atoms with Gasteiger partial charge in [-0.25, -0.2) is 5.48 Å². The molecule has 6 heteroatoms. The number of carbonyl (C=O) groups is 3. The van der Waals surface area contributed by atoms with Crippen molar-refractivity contribution < 1.29 is 19.6 Å². The molecule has 0 saturated heterocycles. The molecule has 0 bridgehead atoms. The van der Waals surface area contributed by atoms with Gasteiger partial charge in [-0.1, -0.05) is 54.6 Å². The zero-order valence-corrected chi connectivity index (χ0v) is 16.1. The molecule has 0 fully saturated rings. The lowest BCUT2D eigenvalue weighted by molar-refractivity contribution is -0.121. The zero-order chi connectivity index (χ0) is 21.1. The number of hydrogen-bond acceptors (Lipinski definition) is 4. The van der Waals surface area contributed by atoms with Crippen LogP contribution in [-0.2, 0) is 17.8 Å². The van der Waals surface area contributed by atoms with Crippen LogP contribution in [0.4, 0.5) is 5.69 Å². The molecule has 2 N–H and O–H groups in total. The number of hydrogen-bond donors (Lipinski definition) is 2. The van der Waals surface area contributed by atoms with Crippen LogP contribution >= 0.6 is 0 Å². The second-order valence-corrected chi connectivity index (χ2v) is 7.19. The molecule has 1 aliphatic heterocycles. The van der Waals surface area contributed by atoms with Gasteiger partial charge in [0.05, 0.1) is 12.2 Å². The van der Waals surface area contributed by atoms with E-state index >= 15 is 0 Å². The number of carbonyl (C=O) groups excluding carboxylic acids is 3. The van der Waals surface area contributed by atoms with Crippen molar-refractivity contribution in [3.05, 3.63) is 101 Å². The molecule has 0 saturated carbocycles. The summed E-state index contributed by atoms with van der Waals surface area (Å²) in [6, 6.07) is 23.2. The number of nitrogens with zero attached hydrogens (tertiary/aromatic N) is 1. The van der Waals surface area contributed by atoms with E-state index in [2.05, 4.69) is 0 Å². The van der Waals surface area contributed by atoms with E-state index in [0.717, 1.165) is 11.1 Å². The van der Waals surface area contributed by atoms with Gasteiger partial charge in [0.25, 0.3) is 5.91 Å². The number of Topliss-reactive ketones (excluding diaryl/α,β-unsaturated/α-hetero) is 1. The first-order valence-electron chi connectivity index (χ1n) is 9.60. The summed E-state index contributed by atoms with van der Waals surface area (Å²) in [7, 11) is 0. The van der Waals surface area contributed by atoms with E-state index in [-0.39, 0.29) is 18.2 Å². The van der Waals surface area contributed by atoms with Crippen LogP contribution in [0.25, 0.3) is 0 Å². The molecule has 0 aromatic heterocycles. The monoisotopic (exact) mass is 400 g/mol. The summed E-state index contributed by atoms with van der Waals surface area (Å²) in [4.78, 5) is 39.6. The molecule has 0 aliphatic carbocycles. The van der Waals surface area contributed by atoms with Crippen molar-refractivity contribution in [2.75, 3.05) is 4.90 Å². The lowest BCUT2D eigenvalue weighted by atomic mass is 9.85. The number of rotatable bonds is 5. The summed E-state index contributed by atoms with van der Waals surface area (Å²) in [6.07, 6.45) is 0.346. The Morgan fingerprint density at radius 3 is 2.23 bits per heavy atom. The molecule has 1 heterocycles. The fourth-order valence-corrected chi connectivity index (χ4v) is 3.73. The topological polar surface area (TPSA) is 86.7 Å². The van der Waals surface area contributed by atoms with Crippen molar-refractivity contribution in [2.45, 2.75) is 13.0 Å². The quantitative estimate of drug-likeness (QED) is 0.390. The third-order valence-corrected chi connectivity index (χ3v) is 5.28. The van der Waals surface area contributed by atoms with E-state index < -0.39 is 11.8 Å². The van der Waals surface area contributed by atoms with E-state index in [1.807, 2.05) is 30.3 Å². The first-order valence-corrected chi connectivity index (χ1v) is 9.60. The van der Waals surface area contributed by atoms with E-state index in [0.29, 0.717) is 23.2 Å². The molecule has 1 unspecified atom stereocenters. The van der Waals surface area contributed by atoms with Crippen LogP contribution in [0, 0.1) is 5.92 Å². The van der Waals surface area contributed by atoms with Gasteiger partial charge in [-0.2, -0.15) is 0 Å². The fraction of sp³-hybridized carbons (Fsp3) is 0.125. The van der Waals surface area contributed by atoms with Gasteiger partial charge >= 0.3 is 0 Å². The van der Waals surface area contributed by atoms with Crippen molar-refractivity contribution in [1.29, 1.82) is 0 Å². The van der Waals surface area contributed by atoms with E-state index in [9.17, 15) is 14.4 Å². The van der Waals surface area contributed by atoms with E-state index in [1.54, 1.807) is 58.9 Å². The number of amides is 2. The molecule has 2 amide bonds. The van der Waals surface area contributed by atoms with Gasteiger partial charge in [0.2, 0.25) is 5.91 Å². The molecule has 6 nitrogen and oxygen atoms in total. The standard InChI is InChI=1S/C24H20N2O4/c27-22-19-8-4-5-9-21(19)26(15-17-10-12-18(13-11-17)23(28)25-30)24(29)20(22)14-16-6-2-1-3-7-16/h1-13,20,30H,14-15H2,(H,25,28). The highest BCUT2D eigenvalue weighted by molar-refractivity contribution is 6.21. The minimum absolute atomic E-state index is 0.161. The highest BCUT2D eigenvalue weighted by Crippen LogP contribution is 2.33. The summed E-state index contributed by atoms with van der Waals surface area (Å²) in [5.41, 5.74) is 4.77. The predicted octanol–water partition coefficient (Wildman–Crippen LogP) is 3.39. The van der Waals surface area contributed by atoms with Crippen molar-refractivity contribution in [3.8, 4) is 0 Å². The van der Waals surface area contributed by atoms with Gasteiger partial charge in [-0.3, -0.25) is 19.6 Å². The summed E-state index contributed by atoms with van der Waals surface area (Å²) in [5, 5.41) is 8.75. The number of para-hydroxylation sites is 1. The molecule has 1 atom stereocenters. The number of nitrogens with one attached hydrogen (secondary N) is 1. The van der Waals surface area contributed by atoms with Crippen molar-refractivity contribution in [1.82, 2.24) is 5.48 Å². The number of fused-ring (bicyclic) bond motifs is 1. The average Bonchev–Trinajstić information content (AvgIpc) is 2.80. The van der Waals surface area contributed by atoms with Crippen molar-refractivity contribution in [2.24, 2.45) is 5.92 Å². The number of anilines is 1. The Morgan fingerprint density at radius 2 is 1.53 bits per heavy atom. The van der Waals surface area contributed by atoms with E-state index in [4.69, 9.17) is 5.21 Å². The smallest absolute Gasteiger partial charge is 0.274 e. The molecule has 30 heavy (non-hydrogen) atoms. The second kappa shape index (κ2) is 8.31. The third-order valence-electron chi connectivity index (χ3n) is 5.28. The predicted molar refractivity (Wildman–Crippen MR) is 111 cm³/mol. The molecule has 4 rings (SSSR count). The molecule has 150 valence electrons. The highest BCUT2D eigenvalue weighted by atomic mass is 16.5. The van der Waals surface area contributed by atoms with E-state index in [1.165, 1.54) is 0 Å². The van der Waals surface area contributed by atoms with Crippen molar-refractivity contribution in [3.63, 3.8) is 0 Å². The number of hydroxylamine groups is 1. The van der Waals surface area contributed by atoms with Gasteiger partial charge in [0.1, 0.15) is 5.92 Å². The maximum atomic E-state index is 13.3. The van der Waals surface area contributed by atoms with Gasteiger partial charge in [-0.05, 0) is 41.8 Å². The first kappa shape index (κ1) is 19.5. The maximum absolute atomic E-state index is 13.3. The SMILES string of the molecule is O=C(NO)c1ccc(CN2C(=O)C(Cc3ccccc3)C(=O)c3ccccc32)cc1. The Hall–Kier alpha value is -3.77. The minimum atomic E-state index is -0.776. The van der Waals surface area contributed by atoms with Crippen LogP contribution in [0.5, 0.6) is 0 Å². The van der Waals surface area contributed by atoms with Gasteiger partial charge in [0, 0.05) is 11.1 Å². The van der Waals surface area contributed by atoms with Crippen LogP contribution in [0.15, 0.2) is 78.9 Å². The van der Waals surface area contributed by atoms with Gasteiger partial charge < -0.3 is 4.90 Å². The van der Waals surface area contributed by atoms with Gasteiger partial charge in [-0.15, -0.1) is 0 Å². The molecule has 1 aliphatic rings. The highest BCUT2D eigenvalue weighted by Gasteiger charge is 2.39.